The summed E-state index contributed by atoms with van der Waals surface area (Å²) >= 11 is 5.96. The van der Waals surface area contributed by atoms with Crippen LogP contribution in [0.15, 0.2) is 24.5 Å². The first-order valence-corrected chi connectivity index (χ1v) is 7.80. The molecule has 0 saturated heterocycles. The van der Waals surface area contributed by atoms with Crippen molar-refractivity contribution in [2.75, 3.05) is 0 Å². The largest absolute Gasteiger partial charge is 0.481 e. The summed E-state index contributed by atoms with van der Waals surface area (Å²) in [4.78, 5) is 15.9. The lowest BCUT2D eigenvalue weighted by Crippen LogP contribution is -2.25. The van der Waals surface area contributed by atoms with Gasteiger partial charge in [0.05, 0.1) is 22.7 Å². The molecule has 0 bridgehead atoms. The monoisotopic (exact) mass is 367 g/mol. The van der Waals surface area contributed by atoms with Gasteiger partial charge >= 0.3 is 12.5 Å². The summed E-state index contributed by atoms with van der Waals surface area (Å²) in [6, 6.07) is 3.02. The van der Waals surface area contributed by atoms with Gasteiger partial charge in [-0.2, -0.15) is 19.0 Å². The minimum absolute atomic E-state index is 0.163. The van der Waals surface area contributed by atoms with Crippen molar-refractivity contribution in [1.82, 2.24) is 24.4 Å². The van der Waals surface area contributed by atoms with Crippen LogP contribution in [-0.4, -0.2) is 35.5 Å². The third-order valence-corrected chi connectivity index (χ3v) is 4.85. The number of halogens is 3. The highest BCUT2D eigenvalue weighted by atomic mass is 35.5. The summed E-state index contributed by atoms with van der Waals surface area (Å²) in [6.07, 6.45) is 2.82. The molecule has 0 fully saturated rings. The molecule has 0 spiro atoms. The Balaban J connectivity index is 1.99. The van der Waals surface area contributed by atoms with Crippen LogP contribution in [0.3, 0.4) is 0 Å². The molecule has 25 heavy (non-hydrogen) atoms. The maximum Gasteiger partial charge on any atom is 0.333 e. The van der Waals surface area contributed by atoms with Crippen molar-refractivity contribution < 1.29 is 18.7 Å². The molecule has 10 heteroatoms. The molecule has 0 radical (unpaired) electrons. The number of carboxylic acid groups (broad SMARTS) is 1. The summed E-state index contributed by atoms with van der Waals surface area (Å²) < 4.78 is 27.8. The average Bonchev–Trinajstić information content (AvgIpc) is 3.22. The van der Waals surface area contributed by atoms with Crippen molar-refractivity contribution in [2.45, 2.75) is 31.2 Å². The molecule has 7 nitrogen and oxygen atoms in total. The van der Waals surface area contributed by atoms with E-state index in [0.29, 0.717) is 27.3 Å². The van der Waals surface area contributed by atoms with Crippen LogP contribution in [0.4, 0.5) is 8.78 Å². The van der Waals surface area contributed by atoms with E-state index in [2.05, 4.69) is 15.2 Å². The zero-order chi connectivity index (χ0) is 17.9. The number of aliphatic carboxylic acids is 1. The fourth-order valence-corrected chi connectivity index (χ4v) is 3.70. The van der Waals surface area contributed by atoms with Crippen LogP contribution in [0.2, 0.25) is 5.15 Å². The zero-order valence-electron chi connectivity index (χ0n) is 12.9. The molecule has 0 aromatic carbocycles. The Hall–Kier alpha value is -2.55. The van der Waals surface area contributed by atoms with E-state index in [-0.39, 0.29) is 11.6 Å². The summed E-state index contributed by atoms with van der Waals surface area (Å²) in [5.41, 5.74) is 0.908. The van der Waals surface area contributed by atoms with Crippen molar-refractivity contribution >= 4 is 23.2 Å². The van der Waals surface area contributed by atoms with Gasteiger partial charge in [0.1, 0.15) is 0 Å². The molecule has 130 valence electrons. The number of fused-ring (bicyclic) bond motifs is 3. The van der Waals surface area contributed by atoms with Gasteiger partial charge in [-0.05, 0) is 19.4 Å². The molecule has 3 aromatic rings. The molecule has 3 aromatic heterocycles. The first-order chi connectivity index (χ1) is 11.8. The van der Waals surface area contributed by atoms with Crippen LogP contribution >= 0.6 is 11.6 Å². The van der Waals surface area contributed by atoms with E-state index in [9.17, 15) is 18.7 Å². The number of alkyl halides is 2. The van der Waals surface area contributed by atoms with E-state index < -0.39 is 23.9 Å². The molecule has 0 amide bonds. The van der Waals surface area contributed by atoms with Gasteiger partial charge in [0.15, 0.2) is 10.8 Å². The SMILES string of the molecule is CC1(c2ccn(C(F)F)n2)CC(C(=O)O)c2cnc3cc(Cl)nn3c21. The maximum absolute atomic E-state index is 12.9. The molecule has 0 aliphatic heterocycles. The summed E-state index contributed by atoms with van der Waals surface area (Å²) in [7, 11) is 0. The number of hydrogen-bond acceptors (Lipinski definition) is 4. The van der Waals surface area contributed by atoms with Crippen LogP contribution in [-0.2, 0) is 10.2 Å². The molecule has 4 rings (SSSR count). The highest BCUT2D eigenvalue weighted by molar-refractivity contribution is 6.29. The number of rotatable bonds is 3. The maximum atomic E-state index is 12.9. The molecule has 1 aliphatic carbocycles. The van der Waals surface area contributed by atoms with Crippen LogP contribution in [0.5, 0.6) is 0 Å². The van der Waals surface area contributed by atoms with E-state index in [0.717, 1.165) is 0 Å². The lowest BCUT2D eigenvalue weighted by atomic mass is 9.83. The number of carbonyl (C=O) groups is 1. The smallest absolute Gasteiger partial charge is 0.333 e. The second kappa shape index (κ2) is 5.22. The van der Waals surface area contributed by atoms with E-state index in [1.165, 1.54) is 23.0 Å². The van der Waals surface area contributed by atoms with E-state index >= 15 is 0 Å². The lowest BCUT2D eigenvalue weighted by molar-refractivity contribution is -0.138. The summed E-state index contributed by atoms with van der Waals surface area (Å²) in [5, 5.41) is 17.9. The van der Waals surface area contributed by atoms with Crippen LogP contribution in [0.25, 0.3) is 5.65 Å². The Bertz CT molecular complexity index is 1000. The van der Waals surface area contributed by atoms with E-state index in [4.69, 9.17) is 11.6 Å². The average molecular weight is 368 g/mol. The minimum Gasteiger partial charge on any atom is -0.481 e. The zero-order valence-corrected chi connectivity index (χ0v) is 13.7. The topological polar surface area (TPSA) is 85.3 Å². The fourth-order valence-electron chi connectivity index (χ4n) is 3.53. The van der Waals surface area contributed by atoms with Gasteiger partial charge in [-0.3, -0.25) is 4.79 Å². The Morgan fingerprint density at radius 1 is 1.48 bits per heavy atom. The number of carboxylic acids is 1. The van der Waals surface area contributed by atoms with Crippen LogP contribution < -0.4 is 0 Å². The van der Waals surface area contributed by atoms with Crippen molar-refractivity contribution in [3.05, 3.63) is 46.6 Å². The molecule has 0 saturated carbocycles. The first-order valence-electron chi connectivity index (χ1n) is 7.42. The Morgan fingerprint density at radius 3 is 2.88 bits per heavy atom. The first kappa shape index (κ1) is 15.9. The van der Waals surface area contributed by atoms with Gasteiger partial charge in [0, 0.05) is 24.0 Å². The van der Waals surface area contributed by atoms with E-state index in [1.54, 1.807) is 13.0 Å². The minimum atomic E-state index is -2.77. The predicted octanol–water partition coefficient (Wildman–Crippen LogP) is 2.85. The van der Waals surface area contributed by atoms with Gasteiger partial charge < -0.3 is 5.11 Å². The fraction of sp³-hybridized carbons (Fsp3) is 0.333. The molecule has 2 atom stereocenters. The molecule has 3 heterocycles. The van der Waals surface area contributed by atoms with Gasteiger partial charge in [-0.25, -0.2) is 14.2 Å². The normalized spacial score (nSPS) is 22.7. The van der Waals surface area contributed by atoms with Gasteiger partial charge in [-0.15, -0.1) is 0 Å². The highest BCUT2D eigenvalue weighted by Gasteiger charge is 2.48. The summed E-state index contributed by atoms with van der Waals surface area (Å²) in [5.74, 6) is -1.85. The lowest BCUT2D eigenvalue weighted by Gasteiger charge is -2.23. The second-order valence-corrected chi connectivity index (χ2v) is 6.57. The van der Waals surface area contributed by atoms with Gasteiger partial charge in [-0.1, -0.05) is 11.6 Å². The van der Waals surface area contributed by atoms with Crippen molar-refractivity contribution in [3.8, 4) is 0 Å². The quantitative estimate of drug-likeness (QED) is 0.769. The van der Waals surface area contributed by atoms with Crippen molar-refractivity contribution in [2.24, 2.45) is 0 Å². The third-order valence-electron chi connectivity index (χ3n) is 4.66. The second-order valence-electron chi connectivity index (χ2n) is 6.18. The third kappa shape index (κ3) is 2.22. The molecule has 2 unspecified atom stereocenters. The Labute approximate surface area is 144 Å². The van der Waals surface area contributed by atoms with Crippen LogP contribution in [0.1, 0.15) is 42.8 Å². The molecular weight excluding hydrogens is 356 g/mol. The van der Waals surface area contributed by atoms with E-state index in [1.807, 2.05) is 0 Å². The number of hydrogen-bond donors (Lipinski definition) is 1. The Kier molecular flexibility index (Phi) is 3.33. The van der Waals surface area contributed by atoms with Gasteiger partial charge in [0.2, 0.25) is 0 Å². The predicted molar refractivity (Wildman–Crippen MR) is 82.9 cm³/mol. The van der Waals surface area contributed by atoms with Crippen LogP contribution in [0, 0.1) is 0 Å². The Morgan fingerprint density at radius 2 is 2.24 bits per heavy atom. The van der Waals surface area contributed by atoms with Crippen molar-refractivity contribution in [3.63, 3.8) is 0 Å². The highest BCUT2D eigenvalue weighted by Crippen LogP contribution is 2.49. The van der Waals surface area contributed by atoms with Gasteiger partial charge in [0.25, 0.3) is 0 Å². The van der Waals surface area contributed by atoms with Crippen molar-refractivity contribution in [1.29, 1.82) is 0 Å². The number of aromatic nitrogens is 5. The summed E-state index contributed by atoms with van der Waals surface area (Å²) in [6.45, 7) is -1.01. The molecular formula is C15H12ClF2N5O2. The molecule has 1 N–H and O–H groups in total. The molecule has 1 aliphatic rings. The standard InChI is InChI=1S/C15H12ClF2N5O2/c1-15(9-2-3-22(20-9)14(17)18)5-7(13(24)25)8-6-19-11-4-10(16)21-23(11)12(8)15/h2-4,6-7,14H,5H2,1H3,(H,24,25). The number of nitrogens with zero attached hydrogens (tertiary/aromatic N) is 5.